The summed E-state index contributed by atoms with van der Waals surface area (Å²) in [4.78, 5) is 26.5. The minimum Gasteiger partial charge on any atom is -0.465 e. The number of Topliss-reactive ketones (excluding diaryl/α,β-unsaturated/α-hetero) is 1. The quantitative estimate of drug-likeness (QED) is 0.772. The minimum atomic E-state index is -0.424. The van der Waals surface area contributed by atoms with Gasteiger partial charge in [-0.15, -0.1) is 0 Å². The van der Waals surface area contributed by atoms with Crippen LogP contribution in [0.2, 0.25) is 0 Å². The molecule has 0 saturated carbocycles. The van der Waals surface area contributed by atoms with Crippen molar-refractivity contribution in [3.8, 4) is 0 Å². The van der Waals surface area contributed by atoms with Crippen LogP contribution < -0.4 is 5.32 Å². The molecule has 0 bridgehead atoms. The van der Waals surface area contributed by atoms with Crippen LogP contribution in [0, 0.1) is 5.41 Å². The third kappa shape index (κ3) is 3.75. The number of amides is 1. The summed E-state index contributed by atoms with van der Waals surface area (Å²) in [5.74, 6) is 0.645. The number of hydrogen-bond donors (Lipinski definition) is 1. The van der Waals surface area contributed by atoms with Crippen molar-refractivity contribution in [2.45, 2.75) is 39.5 Å². The average molecular weight is 387 g/mol. The lowest BCUT2D eigenvalue weighted by Gasteiger charge is -2.38. The zero-order valence-corrected chi connectivity index (χ0v) is 17.0. The Balaban J connectivity index is 1.80. The van der Waals surface area contributed by atoms with Gasteiger partial charge in [-0.2, -0.15) is 0 Å². The van der Waals surface area contributed by atoms with Gasteiger partial charge in [-0.05, 0) is 30.0 Å². The highest BCUT2D eigenvalue weighted by Crippen LogP contribution is 2.48. The predicted molar refractivity (Wildman–Crippen MR) is 113 cm³/mol. The molecule has 1 aliphatic heterocycles. The smallest absolute Gasteiger partial charge is 0.255 e. The Labute approximate surface area is 171 Å². The topological polar surface area (TPSA) is 55.4 Å². The van der Waals surface area contributed by atoms with Gasteiger partial charge >= 0.3 is 0 Å². The summed E-state index contributed by atoms with van der Waals surface area (Å²) in [7, 11) is 0. The predicted octanol–water partition coefficient (Wildman–Crippen LogP) is 5.36. The first-order chi connectivity index (χ1) is 13.9. The third-order valence-electron chi connectivity index (χ3n) is 5.52. The molecule has 2 aliphatic rings. The molecule has 4 nitrogen and oxygen atoms in total. The van der Waals surface area contributed by atoms with E-state index in [4.69, 9.17) is 4.74 Å². The zero-order valence-electron chi connectivity index (χ0n) is 17.0. The van der Waals surface area contributed by atoms with Gasteiger partial charge in [-0.3, -0.25) is 9.59 Å². The molecule has 4 rings (SSSR count). The number of ketones is 1. The summed E-state index contributed by atoms with van der Waals surface area (Å²) >= 11 is 0. The van der Waals surface area contributed by atoms with Crippen molar-refractivity contribution in [1.82, 2.24) is 0 Å². The van der Waals surface area contributed by atoms with Gasteiger partial charge in [0.15, 0.2) is 5.78 Å². The van der Waals surface area contributed by atoms with Gasteiger partial charge in [-0.1, -0.05) is 62.4 Å². The number of para-hydroxylation sites is 1. The molecule has 1 N–H and O–H groups in total. The second kappa shape index (κ2) is 7.36. The molecular formula is C25H25NO3. The monoisotopic (exact) mass is 387 g/mol. The molecule has 29 heavy (non-hydrogen) atoms. The van der Waals surface area contributed by atoms with Crippen LogP contribution in [-0.2, 0) is 14.3 Å². The Bertz CT molecular complexity index is 1020. The summed E-state index contributed by atoms with van der Waals surface area (Å²) in [5, 5.41) is 2.96. The van der Waals surface area contributed by atoms with Crippen molar-refractivity contribution < 1.29 is 14.3 Å². The summed E-state index contributed by atoms with van der Waals surface area (Å²) in [6.07, 6.45) is 1.13. The highest BCUT2D eigenvalue weighted by Gasteiger charge is 2.44. The van der Waals surface area contributed by atoms with Crippen LogP contribution in [0.1, 0.15) is 45.1 Å². The minimum absolute atomic E-state index is 0.0580. The van der Waals surface area contributed by atoms with Crippen molar-refractivity contribution >= 4 is 17.4 Å². The molecule has 4 heteroatoms. The van der Waals surface area contributed by atoms with E-state index in [2.05, 4.69) is 19.2 Å². The van der Waals surface area contributed by atoms with E-state index < -0.39 is 5.92 Å². The Kier molecular flexibility index (Phi) is 4.87. The van der Waals surface area contributed by atoms with Crippen LogP contribution >= 0.6 is 0 Å². The van der Waals surface area contributed by atoms with Gasteiger partial charge in [0.05, 0.1) is 5.57 Å². The van der Waals surface area contributed by atoms with E-state index in [1.807, 2.05) is 67.6 Å². The van der Waals surface area contributed by atoms with Crippen molar-refractivity contribution in [2.75, 3.05) is 5.32 Å². The maximum atomic E-state index is 13.3. The lowest BCUT2D eigenvalue weighted by Crippen LogP contribution is -2.34. The van der Waals surface area contributed by atoms with E-state index in [1.54, 1.807) is 0 Å². The standard InChI is InChI=1S/C25H25NO3/c1-16-21(24(28)26-18-12-8-5-9-13-18)22(17-10-6-4-7-11-17)23-19(27)14-25(2,3)15-20(23)29-16/h4-13,22H,14-15H2,1-3H3,(H,26,28). The zero-order chi connectivity index (χ0) is 20.6. The number of anilines is 1. The first-order valence-electron chi connectivity index (χ1n) is 9.92. The molecule has 0 spiro atoms. The third-order valence-corrected chi connectivity index (χ3v) is 5.52. The molecule has 1 heterocycles. The van der Waals surface area contributed by atoms with Crippen LogP contribution in [-0.4, -0.2) is 11.7 Å². The molecule has 0 radical (unpaired) electrons. The van der Waals surface area contributed by atoms with Crippen LogP contribution in [0.5, 0.6) is 0 Å². The fraction of sp³-hybridized carbons (Fsp3) is 0.280. The summed E-state index contributed by atoms with van der Waals surface area (Å²) in [5.41, 5.74) is 2.60. The number of ether oxygens (including phenoxy) is 1. The van der Waals surface area contributed by atoms with Crippen molar-refractivity contribution in [3.63, 3.8) is 0 Å². The second-order valence-electron chi connectivity index (χ2n) is 8.51. The Morgan fingerprint density at radius 2 is 1.62 bits per heavy atom. The summed E-state index contributed by atoms with van der Waals surface area (Å²) in [6.45, 7) is 5.96. The molecule has 2 aromatic rings. The van der Waals surface area contributed by atoms with E-state index in [0.717, 1.165) is 5.56 Å². The number of carbonyl (C=O) groups is 2. The van der Waals surface area contributed by atoms with E-state index in [0.29, 0.717) is 41.2 Å². The Hall–Kier alpha value is -3.14. The fourth-order valence-corrected chi connectivity index (χ4v) is 4.27. The maximum Gasteiger partial charge on any atom is 0.255 e. The normalized spacial score (nSPS) is 20.8. The van der Waals surface area contributed by atoms with E-state index >= 15 is 0 Å². The molecular weight excluding hydrogens is 362 g/mol. The van der Waals surface area contributed by atoms with Crippen LogP contribution in [0.4, 0.5) is 5.69 Å². The maximum absolute atomic E-state index is 13.3. The molecule has 1 unspecified atom stereocenters. The Morgan fingerprint density at radius 1 is 1.00 bits per heavy atom. The van der Waals surface area contributed by atoms with Crippen molar-refractivity contribution in [3.05, 3.63) is 88.9 Å². The largest absolute Gasteiger partial charge is 0.465 e. The first kappa shape index (κ1) is 19.2. The van der Waals surface area contributed by atoms with Gasteiger partial charge < -0.3 is 10.1 Å². The van der Waals surface area contributed by atoms with E-state index in [-0.39, 0.29) is 17.1 Å². The van der Waals surface area contributed by atoms with Gasteiger partial charge in [-0.25, -0.2) is 0 Å². The highest BCUT2D eigenvalue weighted by molar-refractivity contribution is 6.09. The summed E-state index contributed by atoms with van der Waals surface area (Å²) in [6, 6.07) is 19.1. The lowest BCUT2D eigenvalue weighted by atomic mass is 9.69. The SMILES string of the molecule is CC1=C(C(=O)Nc2ccccc2)C(c2ccccc2)C2=C(CC(C)(C)CC2=O)O1. The van der Waals surface area contributed by atoms with Gasteiger partial charge in [0.2, 0.25) is 0 Å². The van der Waals surface area contributed by atoms with Gasteiger partial charge in [0.25, 0.3) is 5.91 Å². The average Bonchev–Trinajstić information content (AvgIpc) is 2.67. The van der Waals surface area contributed by atoms with Crippen LogP contribution in [0.3, 0.4) is 0 Å². The van der Waals surface area contributed by atoms with Crippen molar-refractivity contribution in [2.24, 2.45) is 5.41 Å². The number of rotatable bonds is 3. The molecule has 1 amide bonds. The molecule has 1 atom stereocenters. The van der Waals surface area contributed by atoms with E-state index in [9.17, 15) is 9.59 Å². The number of allylic oxidation sites excluding steroid dienone is 3. The molecule has 0 aromatic heterocycles. The van der Waals surface area contributed by atoms with Crippen LogP contribution in [0.15, 0.2) is 83.3 Å². The van der Waals surface area contributed by atoms with Gasteiger partial charge in [0, 0.05) is 30.0 Å². The van der Waals surface area contributed by atoms with Crippen molar-refractivity contribution in [1.29, 1.82) is 0 Å². The lowest BCUT2D eigenvalue weighted by molar-refractivity contribution is -0.119. The number of hydrogen-bond acceptors (Lipinski definition) is 3. The first-order valence-corrected chi connectivity index (χ1v) is 9.92. The molecule has 0 fully saturated rings. The fourth-order valence-electron chi connectivity index (χ4n) is 4.27. The van der Waals surface area contributed by atoms with Crippen LogP contribution in [0.25, 0.3) is 0 Å². The molecule has 148 valence electrons. The Morgan fingerprint density at radius 3 is 2.28 bits per heavy atom. The summed E-state index contributed by atoms with van der Waals surface area (Å²) < 4.78 is 6.10. The highest BCUT2D eigenvalue weighted by atomic mass is 16.5. The van der Waals surface area contributed by atoms with Gasteiger partial charge in [0.1, 0.15) is 11.5 Å². The number of nitrogens with one attached hydrogen (secondary N) is 1. The number of carbonyl (C=O) groups excluding carboxylic acids is 2. The molecule has 2 aromatic carbocycles. The second-order valence-corrected chi connectivity index (χ2v) is 8.51. The molecule has 1 aliphatic carbocycles. The number of benzene rings is 2. The molecule has 0 saturated heterocycles. The van der Waals surface area contributed by atoms with E-state index in [1.165, 1.54) is 0 Å².